The van der Waals surface area contributed by atoms with Gasteiger partial charge in [-0.1, -0.05) is 24.3 Å². The molecule has 0 aromatic heterocycles. The van der Waals surface area contributed by atoms with Crippen molar-refractivity contribution in [2.24, 2.45) is 5.92 Å². The summed E-state index contributed by atoms with van der Waals surface area (Å²) in [5, 5.41) is 0. The van der Waals surface area contributed by atoms with Gasteiger partial charge in [0.2, 0.25) is 6.43 Å². The molecule has 2 heterocycles. The van der Waals surface area contributed by atoms with Gasteiger partial charge in [0.15, 0.2) is 0 Å². The van der Waals surface area contributed by atoms with Gasteiger partial charge in [0, 0.05) is 24.9 Å². The first-order valence-corrected chi connectivity index (χ1v) is 8.55. The Balaban J connectivity index is 1.52. The van der Waals surface area contributed by atoms with Crippen molar-refractivity contribution >= 4 is 11.9 Å². The van der Waals surface area contributed by atoms with Crippen LogP contribution in [0.3, 0.4) is 0 Å². The van der Waals surface area contributed by atoms with Crippen molar-refractivity contribution in [1.29, 1.82) is 0 Å². The van der Waals surface area contributed by atoms with Gasteiger partial charge in [0.1, 0.15) is 6.04 Å². The van der Waals surface area contributed by atoms with Crippen LogP contribution in [0.1, 0.15) is 36.8 Å². The Morgan fingerprint density at radius 2 is 1.67 bits per heavy atom. The fourth-order valence-electron chi connectivity index (χ4n) is 4.29. The number of amides is 3. The molecule has 4 rings (SSSR count). The third-order valence-electron chi connectivity index (χ3n) is 5.69. The summed E-state index contributed by atoms with van der Waals surface area (Å²) in [7, 11) is 0. The predicted molar refractivity (Wildman–Crippen MR) is 83.5 cm³/mol. The number of carbonyl (C=O) groups is 2. The maximum atomic E-state index is 12.8. The highest BCUT2D eigenvalue weighted by Gasteiger charge is 2.50. The number of fused-ring (bicyclic) bond motifs is 2. The van der Waals surface area contributed by atoms with Gasteiger partial charge in [0.25, 0.3) is 5.91 Å². The number of hydrogen-bond donors (Lipinski definition) is 0. The molecule has 0 N–H and O–H groups in total. The SMILES string of the molecule is O=C1C2Cc3ccccc3CN2C(=O)N1C1CCC(C(F)F)CC1. The fraction of sp³-hybridized carbons (Fsp3) is 0.556. The van der Waals surface area contributed by atoms with E-state index >= 15 is 0 Å². The van der Waals surface area contributed by atoms with Crippen LogP contribution in [-0.4, -0.2) is 40.2 Å². The Hall–Kier alpha value is -1.98. The first kappa shape index (κ1) is 15.5. The highest BCUT2D eigenvalue weighted by Crippen LogP contribution is 2.36. The molecule has 1 saturated heterocycles. The summed E-state index contributed by atoms with van der Waals surface area (Å²) in [6.45, 7) is 0.453. The molecule has 128 valence electrons. The molecule has 6 heteroatoms. The lowest BCUT2D eigenvalue weighted by molar-refractivity contribution is -0.130. The summed E-state index contributed by atoms with van der Waals surface area (Å²) < 4.78 is 25.6. The zero-order valence-corrected chi connectivity index (χ0v) is 13.3. The quantitative estimate of drug-likeness (QED) is 0.779. The number of rotatable bonds is 2. The molecule has 1 aromatic rings. The highest BCUT2D eigenvalue weighted by molar-refractivity contribution is 6.05. The molecule has 24 heavy (non-hydrogen) atoms. The minimum atomic E-state index is -2.31. The second kappa shape index (κ2) is 5.83. The number of benzene rings is 1. The minimum absolute atomic E-state index is 0.157. The first-order valence-electron chi connectivity index (χ1n) is 8.55. The minimum Gasteiger partial charge on any atom is -0.308 e. The van der Waals surface area contributed by atoms with E-state index in [0.717, 1.165) is 11.1 Å². The maximum absolute atomic E-state index is 12.8. The van der Waals surface area contributed by atoms with Crippen molar-refractivity contribution in [2.75, 3.05) is 0 Å². The molecule has 4 nitrogen and oxygen atoms in total. The summed E-state index contributed by atoms with van der Waals surface area (Å²) >= 11 is 0. The number of imide groups is 1. The van der Waals surface area contributed by atoms with E-state index in [2.05, 4.69) is 0 Å². The average molecular weight is 334 g/mol. The molecule has 0 bridgehead atoms. The van der Waals surface area contributed by atoms with Gasteiger partial charge in [-0.2, -0.15) is 0 Å². The summed E-state index contributed by atoms with van der Waals surface area (Å²) in [6.07, 6.45) is -0.0326. The number of hydrogen-bond acceptors (Lipinski definition) is 2. The van der Waals surface area contributed by atoms with Crippen LogP contribution in [0.5, 0.6) is 0 Å². The second-order valence-electron chi connectivity index (χ2n) is 7.01. The number of alkyl halides is 2. The topological polar surface area (TPSA) is 40.6 Å². The largest absolute Gasteiger partial charge is 0.328 e. The fourth-order valence-corrected chi connectivity index (χ4v) is 4.29. The zero-order chi connectivity index (χ0) is 16.8. The molecule has 0 radical (unpaired) electrons. The van der Waals surface area contributed by atoms with Gasteiger partial charge in [-0.15, -0.1) is 0 Å². The van der Waals surface area contributed by atoms with Crippen molar-refractivity contribution in [3.8, 4) is 0 Å². The van der Waals surface area contributed by atoms with Gasteiger partial charge in [-0.25, -0.2) is 13.6 Å². The van der Waals surface area contributed by atoms with Crippen LogP contribution >= 0.6 is 0 Å². The van der Waals surface area contributed by atoms with E-state index in [0.29, 0.717) is 38.6 Å². The van der Waals surface area contributed by atoms with Crippen molar-refractivity contribution in [3.63, 3.8) is 0 Å². The molecule has 2 aliphatic heterocycles. The first-order chi connectivity index (χ1) is 11.6. The Morgan fingerprint density at radius 3 is 2.33 bits per heavy atom. The average Bonchev–Trinajstić information content (AvgIpc) is 2.84. The maximum Gasteiger partial charge on any atom is 0.328 e. The van der Waals surface area contributed by atoms with Crippen molar-refractivity contribution in [3.05, 3.63) is 35.4 Å². The lowest BCUT2D eigenvalue weighted by atomic mass is 9.85. The van der Waals surface area contributed by atoms with E-state index in [1.165, 1.54) is 4.90 Å². The van der Waals surface area contributed by atoms with Gasteiger partial charge >= 0.3 is 6.03 Å². The van der Waals surface area contributed by atoms with E-state index in [-0.39, 0.29) is 18.0 Å². The normalized spacial score (nSPS) is 29.9. The van der Waals surface area contributed by atoms with E-state index < -0.39 is 18.4 Å². The molecule has 3 aliphatic rings. The Labute approximate surface area is 139 Å². The predicted octanol–water partition coefficient (Wildman–Crippen LogP) is 3.20. The van der Waals surface area contributed by atoms with Crippen LogP contribution in [0.4, 0.5) is 13.6 Å². The van der Waals surface area contributed by atoms with Gasteiger partial charge in [0.05, 0.1) is 0 Å². The molecule has 1 aliphatic carbocycles. The molecular weight excluding hydrogens is 314 g/mol. The second-order valence-corrected chi connectivity index (χ2v) is 7.01. The third kappa shape index (κ3) is 2.39. The van der Waals surface area contributed by atoms with Crippen LogP contribution in [0, 0.1) is 5.92 Å². The van der Waals surface area contributed by atoms with Crippen LogP contribution in [0.2, 0.25) is 0 Å². The molecule has 2 fully saturated rings. The summed E-state index contributed by atoms with van der Waals surface area (Å²) in [4.78, 5) is 28.5. The summed E-state index contributed by atoms with van der Waals surface area (Å²) in [6, 6.07) is 6.96. The van der Waals surface area contributed by atoms with Crippen molar-refractivity contribution in [2.45, 2.75) is 57.2 Å². The Morgan fingerprint density at radius 1 is 1.00 bits per heavy atom. The summed E-state index contributed by atoms with van der Waals surface area (Å²) in [5.74, 6) is -0.754. The van der Waals surface area contributed by atoms with Crippen molar-refractivity contribution < 1.29 is 18.4 Å². The zero-order valence-electron chi connectivity index (χ0n) is 13.3. The monoisotopic (exact) mass is 334 g/mol. The van der Waals surface area contributed by atoms with Gasteiger partial charge in [-0.05, 0) is 36.8 Å². The van der Waals surface area contributed by atoms with Crippen LogP contribution in [0.25, 0.3) is 0 Å². The van der Waals surface area contributed by atoms with E-state index in [4.69, 9.17) is 0 Å². The van der Waals surface area contributed by atoms with Crippen LogP contribution in [0.15, 0.2) is 24.3 Å². The lowest BCUT2D eigenvalue weighted by Gasteiger charge is -2.33. The smallest absolute Gasteiger partial charge is 0.308 e. The third-order valence-corrected chi connectivity index (χ3v) is 5.69. The summed E-state index contributed by atoms with van der Waals surface area (Å²) in [5.41, 5.74) is 2.20. The lowest BCUT2D eigenvalue weighted by Crippen LogP contribution is -2.43. The molecule has 1 atom stereocenters. The standard InChI is InChI=1S/C18H20F2N2O2/c19-16(20)11-5-7-14(8-6-11)22-17(23)15-9-12-3-1-2-4-13(12)10-21(15)18(22)24/h1-4,11,14-16H,5-10H2. The Bertz CT molecular complexity index is 628. The van der Waals surface area contributed by atoms with Gasteiger partial charge < -0.3 is 4.90 Å². The molecule has 1 unspecified atom stereocenters. The van der Waals surface area contributed by atoms with E-state index in [1.807, 2.05) is 24.3 Å². The number of urea groups is 1. The van der Waals surface area contributed by atoms with Crippen LogP contribution in [-0.2, 0) is 17.8 Å². The Kier molecular flexibility index (Phi) is 3.77. The molecule has 3 amide bonds. The van der Waals surface area contributed by atoms with Gasteiger partial charge in [-0.3, -0.25) is 9.69 Å². The number of carbonyl (C=O) groups excluding carboxylic acids is 2. The molecule has 0 spiro atoms. The molecule has 1 aromatic carbocycles. The highest BCUT2D eigenvalue weighted by atomic mass is 19.3. The van der Waals surface area contributed by atoms with Crippen molar-refractivity contribution in [1.82, 2.24) is 9.80 Å². The molecule has 1 saturated carbocycles. The number of nitrogens with zero attached hydrogens (tertiary/aromatic N) is 2. The number of halogens is 2. The van der Waals surface area contributed by atoms with Crippen LogP contribution < -0.4 is 0 Å². The van der Waals surface area contributed by atoms with E-state index in [9.17, 15) is 18.4 Å². The van der Waals surface area contributed by atoms with E-state index in [1.54, 1.807) is 4.90 Å². The molecular formula is C18H20F2N2O2.